The molecular formula is C36H28Br2N2O7. The number of amides is 4. The number of rotatable bonds is 4. The van der Waals surface area contributed by atoms with Gasteiger partial charge in [-0.25, -0.2) is 4.79 Å². The number of carbonyl (C=O) groups excluding carboxylic acids is 5. The van der Waals surface area contributed by atoms with E-state index in [1.54, 1.807) is 30.3 Å². The molecule has 7 rings (SSSR count). The minimum Gasteiger partial charge on any atom is -0.503 e. The Hall–Kier alpha value is -4.35. The number of allylic oxidation sites excluding steroid dienone is 4. The molecule has 4 aliphatic rings. The number of ketones is 2. The molecule has 4 amide bonds. The molecule has 1 saturated carbocycles. The molecule has 0 aromatic heterocycles. The molecule has 0 spiro atoms. The highest BCUT2D eigenvalue weighted by Gasteiger charge is 2.66. The number of nitrogens with zero attached hydrogens (tertiary/aromatic N) is 1. The molecule has 0 bridgehead atoms. The molecule has 3 aliphatic carbocycles. The van der Waals surface area contributed by atoms with Crippen molar-refractivity contribution in [3.8, 4) is 11.5 Å². The summed E-state index contributed by atoms with van der Waals surface area (Å²) in [6.07, 6.45) is 3.52. The number of phenolic OH excluding ortho intramolecular Hbond substituents is 1. The number of halogens is 2. The van der Waals surface area contributed by atoms with Gasteiger partial charge in [-0.2, -0.15) is 4.90 Å². The molecule has 47 heavy (non-hydrogen) atoms. The minimum absolute atomic E-state index is 0.0762. The third-order valence-electron chi connectivity index (χ3n) is 10.3. The zero-order valence-corrected chi connectivity index (χ0v) is 28.2. The normalized spacial score (nSPS) is 28.2. The third-order valence-corrected chi connectivity index (χ3v) is 12.5. The van der Waals surface area contributed by atoms with Crippen molar-refractivity contribution in [2.75, 3.05) is 7.11 Å². The van der Waals surface area contributed by atoms with Gasteiger partial charge in [0.2, 0.25) is 11.8 Å². The molecule has 6 unspecified atom stereocenters. The highest BCUT2D eigenvalue weighted by atomic mass is 79.9. The molecule has 238 valence electrons. The number of phenols is 1. The summed E-state index contributed by atoms with van der Waals surface area (Å²) in [5.41, 5.74) is 6.72. The van der Waals surface area contributed by atoms with Crippen LogP contribution in [0.5, 0.6) is 11.5 Å². The van der Waals surface area contributed by atoms with Crippen molar-refractivity contribution in [2.45, 2.75) is 24.2 Å². The maximum atomic E-state index is 15.1. The van der Waals surface area contributed by atoms with E-state index in [0.29, 0.717) is 31.6 Å². The van der Waals surface area contributed by atoms with E-state index in [-0.39, 0.29) is 46.0 Å². The Morgan fingerprint density at radius 1 is 0.957 bits per heavy atom. The lowest BCUT2D eigenvalue weighted by molar-refractivity contribution is -0.137. The molecule has 3 N–H and O–H groups in total. The first kappa shape index (κ1) is 31.3. The first-order chi connectivity index (χ1) is 22.5. The van der Waals surface area contributed by atoms with E-state index in [1.165, 1.54) is 13.2 Å². The lowest BCUT2D eigenvalue weighted by Gasteiger charge is -2.55. The maximum absolute atomic E-state index is 15.1. The number of Topliss-reactive ketones (excluding diaryl/α,β-unsaturated/α-hetero) is 1. The molecule has 0 radical (unpaired) electrons. The fraction of sp³-hybridized carbons (Fsp3) is 0.250. The smallest absolute Gasteiger partial charge is 0.328 e. The predicted octanol–water partition coefficient (Wildman–Crippen LogP) is 5.83. The van der Waals surface area contributed by atoms with Gasteiger partial charge in [-0.15, -0.1) is 0 Å². The van der Waals surface area contributed by atoms with Gasteiger partial charge in [-0.05, 0) is 79.5 Å². The van der Waals surface area contributed by atoms with Crippen LogP contribution in [0.4, 0.5) is 4.79 Å². The minimum atomic E-state index is -1.48. The highest BCUT2D eigenvalue weighted by Crippen LogP contribution is 2.65. The number of aromatic hydroxyl groups is 1. The first-order valence-corrected chi connectivity index (χ1v) is 16.7. The number of primary amides is 1. The molecule has 3 aromatic carbocycles. The van der Waals surface area contributed by atoms with Crippen molar-refractivity contribution in [1.29, 1.82) is 0 Å². The molecular weight excluding hydrogens is 732 g/mol. The number of urea groups is 1. The number of methoxy groups -OCH3 is 1. The van der Waals surface area contributed by atoms with Crippen LogP contribution in [0.15, 0.2) is 93.4 Å². The van der Waals surface area contributed by atoms with E-state index < -0.39 is 52.8 Å². The summed E-state index contributed by atoms with van der Waals surface area (Å²) in [5.74, 6) is -6.26. The summed E-state index contributed by atoms with van der Waals surface area (Å²) in [4.78, 5) is 70.0. The first-order valence-electron chi connectivity index (χ1n) is 15.1. The van der Waals surface area contributed by atoms with Gasteiger partial charge in [-0.1, -0.05) is 72.3 Å². The second-order valence-corrected chi connectivity index (χ2v) is 13.9. The van der Waals surface area contributed by atoms with E-state index in [2.05, 4.69) is 31.9 Å². The van der Waals surface area contributed by atoms with E-state index in [4.69, 9.17) is 10.5 Å². The Morgan fingerprint density at radius 3 is 2.26 bits per heavy atom. The van der Waals surface area contributed by atoms with Gasteiger partial charge in [-0.3, -0.25) is 19.2 Å². The predicted molar refractivity (Wildman–Crippen MR) is 178 cm³/mol. The van der Waals surface area contributed by atoms with Crippen molar-refractivity contribution < 1.29 is 33.8 Å². The molecule has 1 aliphatic heterocycles. The quantitative estimate of drug-likeness (QED) is 0.252. The lowest BCUT2D eigenvalue weighted by Crippen LogP contribution is -2.59. The van der Waals surface area contributed by atoms with Crippen molar-refractivity contribution in [1.82, 2.24) is 4.90 Å². The third kappa shape index (κ3) is 4.35. The van der Waals surface area contributed by atoms with E-state index in [9.17, 15) is 24.3 Å². The van der Waals surface area contributed by atoms with Gasteiger partial charge >= 0.3 is 6.03 Å². The number of likely N-dealkylation sites (tertiary alicyclic amines) is 1. The number of hydrogen-bond donors (Lipinski definition) is 2. The van der Waals surface area contributed by atoms with Crippen LogP contribution in [0.25, 0.3) is 5.57 Å². The SMILES string of the molecule is COc1cc(C2C3=CCC4C(=O)N(C(N)=O)C(=O)C4C3CC3C(=O)C(c4ccccc4)=CC(=O)C32c2ccccc2)c(Br)c(Br)c1O. The largest absolute Gasteiger partial charge is 0.503 e. The van der Waals surface area contributed by atoms with Crippen LogP contribution in [0, 0.1) is 23.7 Å². The van der Waals surface area contributed by atoms with Gasteiger partial charge < -0.3 is 15.6 Å². The second kappa shape index (κ2) is 11.4. The molecule has 11 heteroatoms. The summed E-state index contributed by atoms with van der Waals surface area (Å²) in [6.45, 7) is 0. The summed E-state index contributed by atoms with van der Waals surface area (Å²) in [7, 11) is 1.41. The number of carbonyl (C=O) groups is 5. The second-order valence-electron chi connectivity index (χ2n) is 12.3. The summed E-state index contributed by atoms with van der Waals surface area (Å²) >= 11 is 7.13. The zero-order chi connectivity index (χ0) is 33.4. The van der Waals surface area contributed by atoms with E-state index >= 15 is 4.79 Å². The molecule has 1 heterocycles. The van der Waals surface area contributed by atoms with Gasteiger partial charge in [0.15, 0.2) is 23.1 Å². The van der Waals surface area contributed by atoms with Gasteiger partial charge in [0.1, 0.15) is 0 Å². The summed E-state index contributed by atoms with van der Waals surface area (Å²) in [6, 6.07) is 18.6. The van der Waals surface area contributed by atoms with Crippen LogP contribution in [0.2, 0.25) is 0 Å². The number of ether oxygens (including phenoxy) is 1. The van der Waals surface area contributed by atoms with Crippen LogP contribution < -0.4 is 10.5 Å². The van der Waals surface area contributed by atoms with E-state index in [0.717, 1.165) is 0 Å². The highest BCUT2D eigenvalue weighted by molar-refractivity contribution is 9.13. The van der Waals surface area contributed by atoms with Crippen LogP contribution in [-0.4, -0.2) is 46.5 Å². The van der Waals surface area contributed by atoms with Crippen molar-refractivity contribution in [3.05, 3.63) is 110 Å². The standard InChI is InChI=1S/C36H28Br2N2O7/c1-47-25-15-23(29(37)30(38)32(25)43)28-19-12-13-20-27(34(45)40(33(20)44)35(39)46)22(19)14-24-31(42)21(17-8-4-2-5-9-17)16-26(41)36(24,28)18-10-6-3-7-11-18/h2-12,15-16,20,22,24,27-28,43H,13-14H2,1H3,(H2,39,46). The fourth-order valence-corrected chi connectivity index (χ4v) is 9.37. The summed E-state index contributed by atoms with van der Waals surface area (Å²) < 4.78 is 6.26. The fourth-order valence-electron chi connectivity index (χ4n) is 8.41. The number of hydrogen-bond acceptors (Lipinski definition) is 7. The molecule has 1 saturated heterocycles. The monoisotopic (exact) mass is 758 g/mol. The van der Waals surface area contributed by atoms with Gasteiger partial charge in [0.05, 0.1) is 28.8 Å². The average Bonchev–Trinajstić information content (AvgIpc) is 3.34. The Labute approximate surface area is 286 Å². The van der Waals surface area contributed by atoms with Crippen molar-refractivity contribution in [3.63, 3.8) is 0 Å². The topological polar surface area (TPSA) is 144 Å². The van der Waals surface area contributed by atoms with Crippen LogP contribution in [-0.2, 0) is 24.6 Å². The Kier molecular flexibility index (Phi) is 7.59. The molecule has 6 atom stereocenters. The van der Waals surface area contributed by atoms with Crippen LogP contribution in [0.1, 0.15) is 35.4 Å². The zero-order valence-electron chi connectivity index (χ0n) is 25.0. The molecule has 3 aromatic rings. The van der Waals surface area contributed by atoms with Crippen LogP contribution >= 0.6 is 31.9 Å². The van der Waals surface area contributed by atoms with Gasteiger partial charge in [0.25, 0.3) is 0 Å². The number of fused-ring (bicyclic) bond motifs is 4. The Balaban J connectivity index is 1.56. The average molecular weight is 760 g/mol. The number of benzene rings is 3. The Morgan fingerprint density at radius 2 is 1.62 bits per heavy atom. The lowest BCUT2D eigenvalue weighted by atomic mass is 9.44. The number of nitrogens with two attached hydrogens (primary N) is 1. The summed E-state index contributed by atoms with van der Waals surface area (Å²) in [5, 5.41) is 10.9. The van der Waals surface area contributed by atoms with Crippen LogP contribution in [0.3, 0.4) is 0 Å². The van der Waals surface area contributed by atoms with Crippen molar-refractivity contribution >= 4 is 66.8 Å². The van der Waals surface area contributed by atoms with Gasteiger partial charge in [0, 0.05) is 21.9 Å². The molecule has 2 fully saturated rings. The number of imide groups is 3. The Bertz CT molecular complexity index is 1960. The maximum Gasteiger partial charge on any atom is 0.328 e. The molecule has 9 nitrogen and oxygen atoms in total. The van der Waals surface area contributed by atoms with E-state index in [1.807, 2.05) is 42.5 Å². The van der Waals surface area contributed by atoms with Crippen molar-refractivity contribution in [2.24, 2.45) is 29.4 Å².